The van der Waals surface area contributed by atoms with Crippen LogP contribution in [-0.2, 0) is 17.8 Å². The lowest BCUT2D eigenvalue weighted by Crippen LogP contribution is -2.23. The summed E-state index contributed by atoms with van der Waals surface area (Å²) in [5.41, 5.74) is 4.16. The number of ether oxygens (including phenoxy) is 1. The summed E-state index contributed by atoms with van der Waals surface area (Å²) in [6, 6.07) is 26.1. The maximum atomic E-state index is 13.4. The number of hydrogen-bond acceptors (Lipinski definition) is 2. The zero-order valence-corrected chi connectivity index (χ0v) is 18.8. The third-order valence-corrected chi connectivity index (χ3v) is 5.33. The van der Waals surface area contributed by atoms with Gasteiger partial charge in [0.2, 0.25) is 5.91 Å². The van der Waals surface area contributed by atoms with Crippen molar-refractivity contribution in [2.45, 2.75) is 52.6 Å². The maximum Gasteiger partial charge on any atom is 0.231 e. The molecule has 162 valence electrons. The summed E-state index contributed by atoms with van der Waals surface area (Å²) in [4.78, 5) is 13.4. The minimum atomic E-state index is -0.167. The lowest BCUT2D eigenvalue weighted by molar-refractivity contribution is -0.118. The highest BCUT2D eigenvalue weighted by molar-refractivity contribution is 5.96. The van der Waals surface area contributed by atoms with Gasteiger partial charge in [0.15, 0.2) is 0 Å². The Bertz CT molecular complexity index is 951. The molecule has 31 heavy (non-hydrogen) atoms. The van der Waals surface area contributed by atoms with Crippen molar-refractivity contribution in [1.29, 1.82) is 0 Å². The number of para-hydroxylation sites is 1. The Morgan fingerprint density at radius 1 is 0.935 bits per heavy atom. The average molecular weight is 416 g/mol. The number of rotatable bonds is 10. The summed E-state index contributed by atoms with van der Waals surface area (Å²) in [5, 5.41) is 3.24. The minimum absolute atomic E-state index is 0.0541. The van der Waals surface area contributed by atoms with Gasteiger partial charge in [0.1, 0.15) is 12.4 Å². The molecular formula is C28H33NO2. The smallest absolute Gasteiger partial charge is 0.231 e. The molecule has 1 unspecified atom stereocenters. The molecule has 1 amide bonds. The Balaban J connectivity index is 1.80. The first-order chi connectivity index (χ1) is 15.1. The first-order valence-corrected chi connectivity index (χ1v) is 11.2. The molecule has 3 aromatic carbocycles. The molecule has 0 heterocycles. The van der Waals surface area contributed by atoms with Crippen molar-refractivity contribution in [2.75, 3.05) is 5.32 Å². The fourth-order valence-corrected chi connectivity index (χ4v) is 3.77. The van der Waals surface area contributed by atoms with E-state index in [-0.39, 0.29) is 11.8 Å². The number of benzene rings is 3. The van der Waals surface area contributed by atoms with Crippen molar-refractivity contribution in [3.05, 3.63) is 95.6 Å². The molecule has 0 aliphatic rings. The zero-order valence-electron chi connectivity index (χ0n) is 18.8. The van der Waals surface area contributed by atoms with Crippen molar-refractivity contribution in [1.82, 2.24) is 0 Å². The van der Waals surface area contributed by atoms with Crippen LogP contribution in [0.2, 0.25) is 0 Å². The van der Waals surface area contributed by atoms with Gasteiger partial charge in [-0.25, -0.2) is 0 Å². The summed E-state index contributed by atoms with van der Waals surface area (Å²) >= 11 is 0. The highest BCUT2D eigenvalue weighted by Gasteiger charge is 2.22. The number of amides is 1. The number of anilines is 1. The van der Waals surface area contributed by atoms with Crippen molar-refractivity contribution in [2.24, 2.45) is 5.92 Å². The van der Waals surface area contributed by atoms with Crippen LogP contribution in [0.4, 0.5) is 5.69 Å². The molecular weight excluding hydrogens is 382 g/mol. The number of nitrogens with one attached hydrogen (secondary N) is 1. The molecule has 3 nitrogen and oxygen atoms in total. The summed E-state index contributed by atoms with van der Waals surface area (Å²) < 4.78 is 5.91. The van der Waals surface area contributed by atoms with Crippen LogP contribution in [0.25, 0.3) is 0 Å². The van der Waals surface area contributed by atoms with Crippen molar-refractivity contribution < 1.29 is 9.53 Å². The molecule has 0 bridgehead atoms. The van der Waals surface area contributed by atoms with Gasteiger partial charge in [-0.05, 0) is 53.6 Å². The summed E-state index contributed by atoms with van der Waals surface area (Å²) in [6.07, 6.45) is 2.77. The highest BCUT2D eigenvalue weighted by Crippen LogP contribution is 2.28. The lowest BCUT2D eigenvalue weighted by atomic mass is 9.89. The fourth-order valence-electron chi connectivity index (χ4n) is 3.77. The topological polar surface area (TPSA) is 38.3 Å². The van der Waals surface area contributed by atoms with Gasteiger partial charge in [-0.15, -0.1) is 0 Å². The van der Waals surface area contributed by atoms with E-state index in [0.29, 0.717) is 12.5 Å². The van der Waals surface area contributed by atoms with E-state index in [1.54, 1.807) is 0 Å². The van der Waals surface area contributed by atoms with E-state index in [1.165, 1.54) is 0 Å². The molecule has 3 rings (SSSR count). The Kier molecular flexibility index (Phi) is 8.28. The second-order valence-corrected chi connectivity index (χ2v) is 8.43. The minimum Gasteiger partial charge on any atom is -0.489 e. The van der Waals surface area contributed by atoms with E-state index >= 15 is 0 Å². The quantitative estimate of drug-likeness (QED) is 0.388. The second kappa shape index (κ2) is 11.4. The molecule has 0 saturated heterocycles. The van der Waals surface area contributed by atoms with Crippen molar-refractivity contribution >= 4 is 11.6 Å². The summed E-state index contributed by atoms with van der Waals surface area (Å²) in [5.74, 6) is 1.15. The molecule has 3 heteroatoms. The summed E-state index contributed by atoms with van der Waals surface area (Å²) in [7, 11) is 0. The number of hydrogen-bond donors (Lipinski definition) is 1. The van der Waals surface area contributed by atoms with Crippen LogP contribution in [0.5, 0.6) is 5.75 Å². The Morgan fingerprint density at radius 2 is 1.61 bits per heavy atom. The normalized spacial score (nSPS) is 11.9. The summed E-state index contributed by atoms with van der Waals surface area (Å²) in [6.45, 7) is 6.94. The first-order valence-electron chi connectivity index (χ1n) is 11.2. The van der Waals surface area contributed by atoms with Gasteiger partial charge in [0.05, 0.1) is 5.92 Å². The van der Waals surface area contributed by atoms with Crippen LogP contribution in [-0.4, -0.2) is 5.91 Å². The van der Waals surface area contributed by atoms with Crippen LogP contribution in [0.1, 0.15) is 56.2 Å². The third kappa shape index (κ3) is 6.71. The monoisotopic (exact) mass is 415 g/mol. The Labute approximate surface area is 186 Å². The second-order valence-electron chi connectivity index (χ2n) is 8.43. The van der Waals surface area contributed by atoms with Gasteiger partial charge >= 0.3 is 0 Å². The molecule has 1 N–H and O–H groups in total. The fraction of sp³-hybridized carbons (Fsp3) is 0.321. The van der Waals surface area contributed by atoms with Gasteiger partial charge < -0.3 is 10.1 Å². The largest absolute Gasteiger partial charge is 0.489 e. The number of carbonyl (C=O) groups excluding carboxylic acids is 1. The van der Waals surface area contributed by atoms with Crippen LogP contribution < -0.4 is 10.1 Å². The lowest BCUT2D eigenvalue weighted by Gasteiger charge is -2.21. The molecule has 0 spiro atoms. The van der Waals surface area contributed by atoms with E-state index in [2.05, 4.69) is 44.3 Å². The molecule has 0 saturated carbocycles. The predicted molar refractivity (Wildman–Crippen MR) is 128 cm³/mol. The molecule has 3 aromatic rings. The van der Waals surface area contributed by atoms with E-state index in [0.717, 1.165) is 47.4 Å². The van der Waals surface area contributed by atoms with Gasteiger partial charge in [-0.3, -0.25) is 4.79 Å². The molecule has 1 atom stereocenters. The van der Waals surface area contributed by atoms with Gasteiger partial charge in [0.25, 0.3) is 0 Å². The van der Waals surface area contributed by atoms with Crippen molar-refractivity contribution in [3.8, 4) is 5.75 Å². The zero-order chi connectivity index (χ0) is 22.1. The van der Waals surface area contributed by atoms with E-state index in [4.69, 9.17) is 4.74 Å². The van der Waals surface area contributed by atoms with Gasteiger partial charge in [0, 0.05) is 5.69 Å². The third-order valence-electron chi connectivity index (χ3n) is 5.33. The van der Waals surface area contributed by atoms with E-state index < -0.39 is 0 Å². The average Bonchev–Trinajstić information content (AvgIpc) is 2.79. The van der Waals surface area contributed by atoms with E-state index in [9.17, 15) is 4.79 Å². The highest BCUT2D eigenvalue weighted by atomic mass is 16.5. The Morgan fingerprint density at radius 3 is 2.26 bits per heavy atom. The van der Waals surface area contributed by atoms with Crippen LogP contribution in [0, 0.1) is 5.92 Å². The van der Waals surface area contributed by atoms with Crippen LogP contribution in [0.15, 0.2) is 78.9 Å². The standard InChI is InChI=1S/C28H33NO2/c1-4-11-24-17-16-22(20-31-25-14-9-6-10-15-25)19-27(24)29-28(30)26(18-21(2)3)23-12-7-5-8-13-23/h5-10,12-17,19,21,26H,4,11,18,20H2,1-3H3,(H,29,30). The SMILES string of the molecule is CCCc1ccc(COc2ccccc2)cc1NC(=O)C(CC(C)C)c1ccccc1. The van der Waals surface area contributed by atoms with E-state index in [1.807, 2.05) is 60.7 Å². The number of carbonyl (C=O) groups is 1. The molecule has 0 aliphatic heterocycles. The molecule has 0 fully saturated rings. The van der Waals surface area contributed by atoms with Gasteiger partial charge in [-0.1, -0.05) is 87.9 Å². The van der Waals surface area contributed by atoms with Crippen molar-refractivity contribution in [3.63, 3.8) is 0 Å². The number of aryl methyl sites for hydroxylation is 1. The first kappa shape index (κ1) is 22.6. The van der Waals surface area contributed by atoms with Gasteiger partial charge in [-0.2, -0.15) is 0 Å². The Hall–Kier alpha value is -3.07. The predicted octanol–water partition coefficient (Wildman–Crippen LogP) is 6.99. The molecule has 0 aromatic heterocycles. The molecule has 0 aliphatic carbocycles. The molecule has 0 radical (unpaired) electrons. The maximum absolute atomic E-state index is 13.4. The van der Waals surface area contributed by atoms with Crippen LogP contribution >= 0.6 is 0 Å². The van der Waals surface area contributed by atoms with Crippen LogP contribution in [0.3, 0.4) is 0 Å².